The predicted molar refractivity (Wildman–Crippen MR) is 70.8 cm³/mol. The quantitative estimate of drug-likeness (QED) is 0.483. The average molecular weight is 262 g/mol. The average Bonchev–Trinajstić information content (AvgIpc) is 2.57. The number of thiazole rings is 1. The van der Waals surface area contributed by atoms with Crippen molar-refractivity contribution in [1.29, 1.82) is 0 Å². The van der Waals surface area contributed by atoms with Crippen LogP contribution in [0.5, 0.6) is 5.75 Å². The second-order valence-electron chi connectivity index (χ2n) is 4.14. The van der Waals surface area contributed by atoms with E-state index in [0.717, 1.165) is 10.7 Å². The van der Waals surface area contributed by atoms with Crippen molar-refractivity contribution in [3.05, 3.63) is 45.9 Å². The molecule has 0 spiro atoms. The molecule has 2 aromatic rings. The van der Waals surface area contributed by atoms with E-state index in [9.17, 15) is 4.79 Å². The third-order valence-corrected chi connectivity index (χ3v) is 3.97. The number of para-hydroxylation sites is 1. The molecule has 0 radical (unpaired) electrons. The summed E-state index contributed by atoms with van der Waals surface area (Å²) in [4.78, 5) is 13.1. The number of nitrogens with zero attached hydrogens (tertiary/aromatic N) is 1. The first kappa shape index (κ1) is 12.8. The molecule has 2 rings (SSSR count). The molecular weight excluding hydrogens is 246 g/mol. The summed E-state index contributed by atoms with van der Waals surface area (Å²) in [7, 11) is 0. The molecule has 0 fully saturated rings. The molecule has 18 heavy (non-hydrogen) atoms. The number of ether oxygens (including phenoxy) is 1. The van der Waals surface area contributed by atoms with Gasteiger partial charge in [-0.3, -0.25) is 0 Å². The van der Waals surface area contributed by atoms with Gasteiger partial charge in [-0.25, -0.2) is 4.79 Å². The van der Waals surface area contributed by atoms with E-state index in [4.69, 9.17) is 4.74 Å². The lowest BCUT2D eigenvalue weighted by atomic mass is 10.3. The molecule has 0 bridgehead atoms. The van der Waals surface area contributed by atoms with E-state index in [2.05, 4.69) is 6.92 Å². The number of carbonyl (C=O) groups is 1. The van der Waals surface area contributed by atoms with Gasteiger partial charge in [-0.05, 0) is 19.1 Å². The summed E-state index contributed by atoms with van der Waals surface area (Å²) in [6.07, 6.45) is 0. The summed E-state index contributed by atoms with van der Waals surface area (Å²) >= 11 is 1.70. The lowest BCUT2D eigenvalue weighted by molar-refractivity contribution is -0.692. The van der Waals surface area contributed by atoms with E-state index in [1.807, 2.05) is 36.6 Å². The zero-order valence-corrected chi connectivity index (χ0v) is 11.6. The van der Waals surface area contributed by atoms with Crippen LogP contribution in [0.4, 0.5) is 0 Å². The second-order valence-corrected chi connectivity index (χ2v) is 5.54. The minimum atomic E-state index is -0.241. The highest BCUT2D eigenvalue weighted by Gasteiger charge is 2.21. The highest BCUT2D eigenvalue weighted by atomic mass is 32.1. The number of carbonyl (C=O) groups excluding carboxylic acids is 1. The van der Waals surface area contributed by atoms with Crippen LogP contribution in [0.1, 0.15) is 15.6 Å². The third-order valence-electron chi connectivity index (χ3n) is 2.86. The normalized spacial score (nSPS) is 10.4. The molecular formula is C14H16NO2S+. The van der Waals surface area contributed by atoms with Crippen molar-refractivity contribution in [2.75, 3.05) is 0 Å². The maximum absolute atomic E-state index is 11.9. The molecule has 1 heterocycles. The zero-order chi connectivity index (χ0) is 13.1. The first-order valence-electron chi connectivity index (χ1n) is 5.80. The number of hydrogen-bond acceptors (Lipinski definition) is 3. The Kier molecular flexibility index (Phi) is 3.77. The largest absolute Gasteiger partial charge is 0.422 e. The molecule has 3 nitrogen and oxygen atoms in total. The van der Waals surface area contributed by atoms with Gasteiger partial charge in [-0.15, -0.1) is 0 Å². The third kappa shape index (κ3) is 2.76. The van der Waals surface area contributed by atoms with Gasteiger partial charge in [0.15, 0.2) is 5.69 Å². The topological polar surface area (TPSA) is 30.2 Å². The minimum Gasteiger partial charge on any atom is -0.422 e. The van der Waals surface area contributed by atoms with Crippen molar-refractivity contribution in [3.63, 3.8) is 0 Å². The van der Waals surface area contributed by atoms with Crippen molar-refractivity contribution >= 4 is 17.3 Å². The molecule has 0 saturated carbocycles. The summed E-state index contributed by atoms with van der Waals surface area (Å²) in [5.41, 5.74) is 1.13. The molecule has 0 aliphatic carbocycles. The standard InChI is InChI=1S/C14H16NO2S/c1-10-11(2)18-12(3)15(10)9-14(16)17-13-7-5-4-6-8-13/h4-8H,9H2,1-3H3/q+1. The van der Waals surface area contributed by atoms with Crippen molar-refractivity contribution in [3.8, 4) is 5.75 Å². The van der Waals surface area contributed by atoms with Gasteiger partial charge in [0, 0.05) is 13.8 Å². The molecule has 0 atom stereocenters. The molecule has 94 valence electrons. The van der Waals surface area contributed by atoms with Gasteiger partial charge in [0.25, 0.3) is 0 Å². The molecule has 0 unspecified atom stereocenters. The van der Waals surface area contributed by atoms with Crippen LogP contribution in [0.3, 0.4) is 0 Å². The highest BCUT2D eigenvalue weighted by molar-refractivity contribution is 7.11. The molecule has 0 amide bonds. The Morgan fingerprint density at radius 2 is 1.89 bits per heavy atom. The maximum Gasteiger partial charge on any atom is 0.378 e. The fourth-order valence-corrected chi connectivity index (χ4v) is 2.80. The smallest absolute Gasteiger partial charge is 0.378 e. The molecule has 0 aliphatic heterocycles. The maximum atomic E-state index is 11.9. The van der Waals surface area contributed by atoms with Gasteiger partial charge in [-0.2, -0.15) is 4.57 Å². The Balaban J connectivity index is 2.08. The monoisotopic (exact) mass is 262 g/mol. The van der Waals surface area contributed by atoms with E-state index in [0.29, 0.717) is 5.75 Å². The lowest BCUT2D eigenvalue weighted by Crippen LogP contribution is -2.42. The van der Waals surface area contributed by atoms with Crippen LogP contribution < -0.4 is 9.30 Å². The number of rotatable bonds is 3. The second kappa shape index (κ2) is 5.31. The number of esters is 1. The van der Waals surface area contributed by atoms with Crippen molar-refractivity contribution in [1.82, 2.24) is 0 Å². The number of hydrogen-bond donors (Lipinski definition) is 0. The van der Waals surface area contributed by atoms with E-state index >= 15 is 0 Å². The molecule has 0 saturated heterocycles. The van der Waals surface area contributed by atoms with E-state index in [1.165, 1.54) is 4.88 Å². The van der Waals surface area contributed by atoms with Crippen molar-refractivity contribution in [2.45, 2.75) is 27.3 Å². The van der Waals surface area contributed by atoms with Gasteiger partial charge in [-0.1, -0.05) is 29.5 Å². The van der Waals surface area contributed by atoms with Crippen LogP contribution in [-0.2, 0) is 11.3 Å². The van der Waals surface area contributed by atoms with E-state index in [-0.39, 0.29) is 12.5 Å². The summed E-state index contributed by atoms with van der Waals surface area (Å²) < 4.78 is 7.27. The first-order valence-corrected chi connectivity index (χ1v) is 6.61. The molecule has 1 aromatic carbocycles. The van der Waals surface area contributed by atoms with Gasteiger partial charge in [0.05, 0.1) is 4.88 Å². The Labute approximate surface area is 111 Å². The first-order chi connectivity index (χ1) is 8.58. The Morgan fingerprint density at radius 3 is 2.44 bits per heavy atom. The van der Waals surface area contributed by atoms with Crippen LogP contribution in [0.2, 0.25) is 0 Å². The summed E-state index contributed by atoms with van der Waals surface area (Å²) in [6, 6.07) is 9.15. The highest BCUT2D eigenvalue weighted by Crippen LogP contribution is 2.14. The van der Waals surface area contributed by atoms with Gasteiger partial charge in [0.1, 0.15) is 5.75 Å². The van der Waals surface area contributed by atoms with Gasteiger partial charge >= 0.3 is 5.97 Å². The number of aromatic nitrogens is 1. The van der Waals surface area contributed by atoms with E-state index in [1.54, 1.807) is 23.5 Å². The molecule has 4 heteroatoms. The van der Waals surface area contributed by atoms with Crippen molar-refractivity contribution in [2.24, 2.45) is 0 Å². The lowest BCUT2D eigenvalue weighted by Gasteiger charge is -2.01. The molecule has 0 N–H and O–H groups in total. The van der Waals surface area contributed by atoms with Crippen LogP contribution in [0.25, 0.3) is 0 Å². The number of aryl methyl sites for hydroxylation is 2. The van der Waals surface area contributed by atoms with Gasteiger partial charge < -0.3 is 4.74 Å². The molecule has 1 aromatic heterocycles. The Hall–Kier alpha value is -1.68. The Morgan fingerprint density at radius 1 is 1.22 bits per heavy atom. The fraction of sp³-hybridized carbons (Fsp3) is 0.286. The summed E-state index contributed by atoms with van der Waals surface area (Å²) in [5, 5.41) is 1.12. The summed E-state index contributed by atoms with van der Waals surface area (Å²) in [5.74, 6) is 0.348. The predicted octanol–water partition coefficient (Wildman–Crippen LogP) is 2.57. The van der Waals surface area contributed by atoms with Crippen molar-refractivity contribution < 1.29 is 14.1 Å². The number of benzene rings is 1. The van der Waals surface area contributed by atoms with Crippen LogP contribution in [0.15, 0.2) is 30.3 Å². The SMILES string of the molecule is Cc1sc(C)[n+](CC(=O)Oc2ccccc2)c1C. The van der Waals surface area contributed by atoms with Crippen LogP contribution >= 0.6 is 11.3 Å². The van der Waals surface area contributed by atoms with E-state index < -0.39 is 0 Å². The minimum absolute atomic E-state index is 0.241. The fourth-order valence-electron chi connectivity index (χ4n) is 1.79. The zero-order valence-electron chi connectivity index (χ0n) is 10.8. The summed E-state index contributed by atoms with van der Waals surface area (Å²) in [6.45, 7) is 6.36. The van der Waals surface area contributed by atoms with Crippen LogP contribution in [-0.4, -0.2) is 5.97 Å². The Bertz CT molecular complexity index is 561. The van der Waals surface area contributed by atoms with Crippen LogP contribution in [0, 0.1) is 20.8 Å². The molecule has 0 aliphatic rings. The van der Waals surface area contributed by atoms with Gasteiger partial charge in [0.2, 0.25) is 11.6 Å².